The Morgan fingerprint density at radius 3 is 2.61 bits per heavy atom. The average molecular weight is 446 g/mol. The van der Waals surface area contributed by atoms with Crippen molar-refractivity contribution < 1.29 is 13.2 Å². The number of aromatic amines is 1. The Morgan fingerprint density at radius 2 is 1.90 bits per heavy atom. The Hall–Kier alpha value is -2.08. The zero-order valence-corrected chi connectivity index (χ0v) is 19.8. The smallest absolute Gasteiger partial charge is 0.251 e. The van der Waals surface area contributed by atoms with Crippen LogP contribution in [0.4, 0.5) is 0 Å². The second-order valence-electron chi connectivity index (χ2n) is 9.69. The van der Waals surface area contributed by atoms with Crippen molar-refractivity contribution in [2.45, 2.75) is 70.6 Å². The zero-order chi connectivity index (χ0) is 22.5. The normalized spacial score (nSPS) is 14.5. The highest BCUT2D eigenvalue weighted by Gasteiger charge is 2.28. The van der Waals surface area contributed by atoms with Crippen LogP contribution in [0.15, 0.2) is 46.2 Å². The average Bonchev–Trinajstić information content (AvgIpc) is 3.52. The number of benzene rings is 1. The molecule has 1 saturated carbocycles. The number of hydrogen-bond donors (Lipinski definition) is 1. The molecule has 5 nitrogen and oxygen atoms in total. The standard InChI is InChI=1S/C25H35NO4S/c1-19-10-13-22(16-23(19)30-17-20-11-12-20)31(28,29)18-25(2,3)14-6-4-5-8-21-9-7-15-26-24(21)27/h7,9-10,13,15-16,20H,4-6,8,11-12,14,17-18H2,1-3H3,(H,26,27). The highest BCUT2D eigenvalue weighted by Crippen LogP contribution is 2.33. The van der Waals surface area contributed by atoms with E-state index in [1.54, 1.807) is 18.3 Å². The highest BCUT2D eigenvalue weighted by molar-refractivity contribution is 7.91. The second kappa shape index (κ2) is 10.0. The molecule has 0 spiro atoms. The first-order valence-electron chi connectivity index (χ1n) is 11.3. The summed E-state index contributed by atoms with van der Waals surface area (Å²) in [6.45, 7) is 6.66. The maximum atomic E-state index is 13.1. The fraction of sp³-hybridized carbons (Fsp3) is 0.560. The fourth-order valence-electron chi connectivity index (χ4n) is 3.84. The predicted molar refractivity (Wildman–Crippen MR) is 124 cm³/mol. The van der Waals surface area contributed by atoms with E-state index in [1.807, 2.05) is 39.0 Å². The lowest BCUT2D eigenvalue weighted by atomic mass is 9.89. The van der Waals surface area contributed by atoms with E-state index in [0.29, 0.717) is 23.2 Å². The zero-order valence-electron chi connectivity index (χ0n) is 18.9. The number of nitrogens with one attached hydrogen (secondary N) is 1. The molecule has 0 radical (unpaired) electrons. The SMILES string of the molecule is Cc1ccc(S(=O)(=O)CC(C)(C)CCCCCc2ccc[nH]c2=O)cc1OCC1CC1. The molecule has 31 heavy (non-hydrogen) atoms. The number of aromatic nitrogens is 1. The van der Waals surface area contributed by atoms with Gasteiger partial charge in [0, 0.05) is 11.8 Å². The Bertz CT molecular complexity index is 1040. The van der Waals surface area contributed by atoms with Crippen LogP contribution in [0.3, 0.4) is 0 Å². The van der Waals surface area contributed by atoms with Gasteiger partial charge in [-0.15, -0.1) is 0 Å². The Labute approximate surface area is 186 Å². The maximum Gasteiger partial charge on any atom is 0.251 e. The third-order valence-corrected chi connectivity index (χ3v) is 8.10. The molecule has 3 rings (SSSR count). The lowest BCUT2D eigenvalue weighted by Gasteiger charge is -2.24. The van der Waals surface area contributed by atoms with Gasteiger partial charge in [-0.05, 0) is 74.1 Å². The number of unbranched alkanes of at least 4 members (excludes halogenated alkanes) is 2. The number of hydrogen-bond acceptors (Lipinski definition) is 4. The van der Waals surface area contributed by atoms with E-state index in [0.717, 1.165) is 43.2 Å². The molecule has 0 atom stereocenters. The molecule has 0 bridgehead atoms. The molecular formula is C25H35NO4S. The summed E-state index contributed by atoms with van der Waals surface area (Å²) in [6, 6.07) is 8.94. The Balaban J connectivity index is 1.51. The Morgan fingerprint density at radius 1 is 1.13 bits per heavy atom. The number of pyridine rings is 1. The van der Waals surface area contributed by atoms with Crippen LogP contribution < -0.4 is 10.3 Å². The minimum Gasteiger partial charge on any atom is -0.493 e. The van der Waals surface area contributed by atoms with Crippen molar-refractivity contribution in [3.63, 3.8) is 0 Å². The molecular weight excluding hydrogens is 410 g/mol. The highest BCUT2D eigenvalue weighted by atomic mass is 32.2. The summed E-state index contributed by atoms with van der Waals surface area (Å²) in [5.41, 5.74) is 1.44. The number of H-pyrrole nitrogens is 1. The van der Waals surface area contributed by atoms with E-state index >= 15 is 0 Å². The van der Waals surface area contributed by atoms with Gasteiger partial charge >= 0.3 is 0 Å². The molecule has 6 heteroatoms. The summed E-state index contributed by atoms with van der Waals surface area (Å²) in [5.74, 6) is 1.42. The maximum absolute atomic E-state index is 13.1. The van der Waals surface area contributed by atoms with Crippen molar-refractivity contribution in [3.8, 4) is 5.75 Å². The van der Waals surface area contributed by atoms with Gasteiger partial charge in [0.25, 0.3) is 5.56 Å². The predicted octanol–water partition coefficient (Wildman–Crippen LogP) is 5.08. The number of ether oxygens (including phenoxy) is 1. The molecule has 170 valence electrons. The third kappa shape index (κ3) is 7.23. The van der Waals surface area contributed by atoms with Crippen LogP contribution in [0.25, 0.3) is 0 Å². The topological polar surface area (TPSA) is 76.2 Å². The van der Waals surface area contributed by atoms with Crippen LogP contribution in [-0.4, -0.2) is 25.8 Å². The van der Waals surface area contributed by atoms with Gasteiger partial charge in [0.2, 0.25) is 0 Å². The van der Waals surface area contributed by atoms with Crippen molar-refractivity contribution in [2.75, 3.05) is 12.4 Å². The molecule has 1 fully saturated rings. The minimum atomic E-state index is -3.40. The van der Waals surface area contributed by atoms with Crippen LogP contribution >= 0.6 is 0 Å². The minimum absolute atomic E-state index is 0.0208. The molecule has 1 aromatic heterocycles. The van der Waals surface area contributed by atoms with Crippen molar-refractivity contribution in [2.24, 2.45) is 11.3 Å². The molecule has 1 aliphatic rings. The van der Waals surface area contributed by atoms with E-state index in [4.69, 9.17) is 4.74 Å². The van der Waals surface area contributed by atoms with Crippen LogP contribution in [0.5, 0.6) is 5.75 Å². The van der Waals surface area contributed by atoms with Gasteiger partial charge in [0.15, 0.2) is 9.84 Å². The van der Waals surface area contributed by atoms with E-state index in [2.05, 4.69) is 4.98 Å². The first kappa shape index (κ1) is 23.6. The van der Waals surface area contributed by atoms with Gasteiger partial charge in [-0.25, -0.2) is 8.42 Å². The summed E-state index contributed by atoms with van der Waals surface area (Å²) >= 11 is 0. The van der Waals surface area contributed by atoms with E-state index in [1.165, 1.54) is 12.8 Å². The van der Waals surface area contributed by atoms with Crippen molar-refractivity contribution in [1.29, 1.82) is 0 Å². The first-order chi connectivity index (χ1) is 14.7. The van der Waals surface area contributed by atoms with Crippen LogP contribution in [0.1, 0.15) is 63.5 Å². The van der Waals surface area contributed by atoms with Crippen molar-refractivity contribution >= 4 is 9.84 Å². The first-order valence-corrected chi connectivity index (χ1v) is 12.9. The van der Waals surface area contributed by atoms with Crippen LogP contribution in [-0.2, 0) is 16.3 Å². The Kier molecular flexibility index (Phi) is 7.63. The van der Waals surface area contributed by atoms with Gasteiger partial charge < -0.3 is 9.72 Å². The lowest BCUT2D eigenvalue weighted by molar-refractivity contribution is 0.297. The molecule has 1 heterocycles. The van der Waals surface area contributed by atoms with Gasteiger partial charge in [0.1, 0.15) is 5.75 Å². The second-order valence-corrected chi connectivity index (χ2v) is 11.7. The molecule has 0 aliphatic heterocycles. The van der Waals surface area contributed by atoms with Gasteiger partial charge in [0.05, 0.1) is 17.3 Å². The largest absolute Gasteiger partial charge is 0.493 e. The molecule has 0 amide bonds. The summed E-state index contributed by atoms with van der Waals surface area (Å²) in [5, 5.41) is 0. The summed E-state index contributed by atoms with van der Waals surface area (Å²) in [4.78, 5) is 14.8. The molecule has 1 N–H and O–H groups in total. The molecule has 2 aromatic rings. The van der Waals surface area contributed by atoms with Gasteiger partial charge in [-0.1, -0.05) is 38.8 Å². The van der Waals surface area contributed by atoms with Crippen LogP contribution in [0, 0.1) is 18.3 Å². The molecule has 1 aromatic carbocycles. The quantitative estimate of drug-likeness (QED) is 0.463. The van der Waals surface area contributed by atoms with Crippen molar-refractivity contribution in [3.05, 3.63) is 58.0 Å². The van der Waals surface area contributed by atoms with E-state index < -0.39 is 9.84 Å². The monoisotopic (exact) mass is 445 g/mol. The fourth-order valence-corrected chi connectivity index (χ4v) is 5.74. The lowest BCUT2D eigenvalue weighted by Crippen LogP contribution is -2.24. The number of rotatable bonds is 12. The molecule has 0 saturated heterocycles. The van der Waals surface area contributed by atoms with E-state index in [-0.39, 0.29) is 16.7 Å². The van der Waals surface area contributed by atoms with Gasteiger partial charge in [-0.3, -0.25) is 4.79 Å². The van der Waals surface area contributed by atoms with E-state index in [9.17, 15) is 13.2 Å². The third-order valence-electron chi connectivity index (χ3n) is 5.97. The number of sulfone groups is 1. The summed E-state index contributed by atoms with van der Waals surface area (Å²) < 4.78 is 32.0. The van der Waals surface area contributed by atoms with Gasteiger partial charge in [-0.2, -0.15) is 0 Å². The summed E-state index contributed by atoms with van der Waals surface area (Å²) in [7, 11) is -3.40. The summed E-state index contributed by atoms with van der Waals surface area (Å²) in [6.07, 6.45) is 8.47. The van der Waals surface area contributed by atoms with Crippen LogP contribution in [0.2, 0.25) is 0 Å². The number of aryl methyl sites for hydroxylation is 2. The molecule has 1 aliphatic carbocycles. The molecule has 0 unspecified atom stereocenters. The van der Waals surface area contributed by atoms with Crippen molar-refractivity contribution in [1.82, 2.24) is 4.98 Å².